The van der Waals surface area contributed by atoms with Crippen LogP contribution in [-0.2, 0) is 0 Å². The zero-order valence-corrected chi connectivity index (χ0v) is 32.4. The first-order valence-electron chi connectivity index (χ1n) is 8.00. The van der Waals surface area contributed by atoms with Crippen LogP contribution in [0.2, 0.25) is 0 Å². The van der Waals surface area contributed by atoms with E-state index in [0.29, 0.717) is 31.0 Å². The second kappa shape index (κ2) is 14.5. The number of phenols is 1. The number of rotatable bonds is 2. The van der Waals surface area contributed by atoms with Crippen LogP contribution in [0.15, 0.2) is 63.5 Å². The summed E-state index contributed by atoms with van der Waals surface area (Å²) in [6.45, 7) is 0. The summed E-state index contributed by atoms with van der Waals surface area (Å²) in [6, 6.07) is 9.84. The third-order valence-electron chi connectivity index (χ3n) is 4.45. The van der Waals surface area contributed by atoms with E-state index in [1.54, 1.807) is 30.3 Å². The van der Waals surface area contributed by atoms with Gasteiger partial charge in [0.1, 0.15) is 14.7 Å². The molecular formula is C20H12Br4Na4O5. The fourth-order valence-corrected chi connectivity index (χ4v) is 5.57. The van der Waals surface area contributed by atoms with Gasteiger partial charge < -0.3 is 20.3 Å². The Labute approximate surface area is 316 Å². The molecule has 4 rings (SSSR count). The molecule has 0 saturated carbocycles. The zero-order chi connectivity index (χ0) is 21.0. The number of aromatic hydroxyl groups is 1. The number of fused-ring (bicyclic) bond motifs is 2. The number of carbonyl (C=O) groups is 1. The van der Waals surface area contributed by atoms with Crippen LogP contribution in [0.25, 0.3) is 33.4 Å². The topological polar surface area (TPSA) is 87.7 Å². The summed E-state index contributed by atoms with van der Waals surface area (Å²) in [6.07, 6.45) is 0. The number of phenolic OH excluding ortho intramolecular Hbond substituents is 1. The van der Waals surface area contributed by atoms with Crippen molar-refractivity contribution in [2.45, 2.75) is 0 Å². The summed E-state index contributed by atoms with van der Waals surface area (Å²) in [5, 5.41) is 20.6. The van der Waals surface area contributed by atoms with Crippen molar-refractivity contribution in [3.63, 3.8) is 0 Å². The largest absolute Gasteiger partial charge is 1.00 e. The maximum absolute atomic E-state index is 12.4. The van der Waals surface area contributed by atoms with E-state index in [1.807, 2.05) is 0 Å². The number of aromatic carboxylic acids is 1. The predicted molar refractivity (Wildman–Crippen MR) is 128 cm³/mol. The van der Waals surface area contributed by atoms with Gasteiger partial charge in [-0.1, -0.05) is 18.2 Å². The van der Waals surface area contributed by atoms with Crippen molar-refractivity contribution in [3.8, 4) is 28.2 Å². The normalized spacial score (nSPS) is 9.94. The number of halogens is 4. The molecule has 0 bridgehead atoms. The van der Waals surface area contributed by atoms with E-state index >= 15 is 0 Å². The van der Waals surface area contributed by atoms with Gasteiger partial charge in [-0.3, -0.25) is 4.79 Å². The number of carboxylic acid groups (broad SMARTS) is 1. The van der Waals surface area contributed by atoms with Gasteiger partial charge in [0, 0.05) is 16.5 Å². The molecule has 1 heterocycles. The van der Waals surface area contributed by atoms with E-state index in [4.69, 9.17) is 4.42 Å². The minimum Gasteiger partial charge on any atom is -1.00 e. The molecule has 2 aromatic rings. The molecule has 2 N–H and O–H groups in total. The summed E-state index contributed by atoms with van der Waals surface area (Å²) in [5.41, 5.74) is 1.61. The Morgan fingerprint density at radius 3 is 2.09 bits per heavy atom. The first-order chi connectivity index (χ1) is 13.7. The van der Waals surface area contributed by atoms with Crippen LogP contribution in [0.3, 0.4) is 0 Å². The van der Waals surface area contributed by atoms with Crippen LogP contribution in [0, 0.1) is 0 Å². The Morgan fingerprint density at radius 2 is 1.48 bits per heavy atom. The Kier molecular flexibility index (Phi) is 15.5. The molecule has 154 valence electrons. The first kappa shape index (κ1) is 35.3. The molecule has 0 amide bonds. The molecule has 2 aliphatic rings. The van der Waals surface area contributed by atoms with Crippen molar-refractivity contribution < 1.29 is 143 Å². The summed E-state index contributed by atoms with van der Waals surface area (Å²) in [7, 11) is 0. The second-order valence-electron chi connectivity index (χ2n) is 6.10. The van der Waals surface area contributed by atoms with Gasteiger partial charge in [0.15, 0.2) is 11.3 Å². The molecule has 0 radical (unpaired) electrons. The Morgan fingerprint density at radius 1 is 0.879 bits per heavy atom. The number of carboxylic acids is 1. The standard InChI is InChI=1S/C20H8Br4O5.4Na.4H/c21-11-5-9-13(7-3-1-2-4-8(7)20(27)28)10-6-12(22)17(26)15(24)19(10)29-18(9)14(23)16(11)25;;;;;;;;/h1-6,25H,(H,27,28);;;;;;;;/q;4*+1;4*-1. The first-order valence-corrected chi connectivity index (χ1v) is 11.2. The van der Waals surface area contributed by atoms with Crippen molar-refractivity contribution in [1.82, 2.24) is 0 Å². The van der Waals surface area contributed by atoms with E-state index in [9.17, 15) is 19.8 Å². The van der Waals surface area contributed by atoms with Crippen LogP contribution in [0.4, 0.5) is 0 Å². The van der Waals surface area contributed by atoms with Gasteiger partial charge in [-0.15, -0.1) is 0 Å². The molecule has 0 unspecified atom stereocenters. The van der Waals surface area contributed by atoms with Crippen molar-refractivity contribution in [2.24, 2.45) is 0 Å². The van der Waals surface area contributed by atoms with Gasteiger partial charge in [-0.05, 0) is 87.5 Å². The van der Waals surface area contributed by atoms with Crippen LogP contribution < -0.4 is 124 Å². The summed E-state index contributed by atoms with van der Waals surface area (Å²) in [5.74, 6) is -0.921. The van der Waals surface area contributed by atoms with Gasteiger partial charge in [0.25, 0.3) is 0 Å². The number of hydrogen-bond donors (Lipinski definition) is 2. The molecule has 33 heavy (non-hydrogen) atoms. The van der Waals surface area contributed by atoms with Gasteiger partial charge in [0.2, 0.25) is 5.43 Å². The molecule has 0 aromatic heterocycles. The SMILES string of the molecule is O=C(O)c1ccccc1-c1c2cc(Br)c(=O)c(Br)c-2oc2c(Br)c(O)c(Br)cc12.[H-].[H-].[H-].[H-].[Na+].[Na+].[Na+].[Na+]. The molecule has 1 aliphatic heterocycles. The van der Waals surface area contributed by atoms with Gasteiger partial charge in [-0.2, -0.15) is 0 Å². The monoisotopic (exact) mass is 740 g/mol. The average molecular weight is 744 g/mol. The molecule has 13 heteroatoms. The molecule has 2 aromatic carbocycles. The van der Waals surface area contributed by atoms with Gasteiger partial charge in [0.05, 0.1) is 14.5 Å². The number of benzene rings is 3. The van der Waals surface area contributed by atoms with Crippen LogP contribution in [-0.4, -0.2) is 16.2 Å². The molecule has 0 fully saturated rings. The molecule has 0 atom stereocenters. The van der Waals surface area contributed by atoms with Crippen molar-refractivity contribution >= 4 is 80.7 Å². The van der Waals surface area contributed by atoms with Crippen molar-refractivity contribution in [1.29, 1.82) is 0 Å². The van der Waals surface area contributed by atoms with Crippen LogP contribution >= 0.6 is 63.7 Å². The zero-order valence-electron chi connectivity index (χ0n) is 22.1. The van der Waals surface area contributed by atoms with Gasteiger partial charge >= 0.3 is 124 Å². The molecular weight excluding hydrogens is 732 g/mol. The maximum Gasteiger partial charge on any atom is 1.00 e. The second-order valence-corrected chi connectivity index (χ2v) is 9.40. The molecule has 0 spiro atoms. The Bertz CT molecular complexity index is 1400. The predicted octanol–water partition coefficient (Wildman–Crippen LogP) is -4.52. The van der Waals surface area contributed by atoms with Crippen molar-refractivity contribution in [3.05, 3.63) is 70.1 Å². The third-order valence-corrected chi connectivity index (χ3v) is 7.10. The molecule has 5 nitrogen and oxygen atoms in total. The van der Waals surface area contributed by atoms with Gasteiger partial charge in [-0.25, -0.2) is 4.79 Å². The third kappa shape index (κ3) is 6.67. The summed E-state index contributed by atoms with van der Waals surface area (Å²) < 4.78 is 7.17. The maximum atomic E-state index is 12.4. The van der Waals surface area contributed by atoms with E-state index in [2.05, 4.69) is 63.7 Å². The van der Waals surface area contributed by atoms with Crippen LogP contribution in [0.5, 0.6) is 5.75 Å². The Hall–Kier alpha value is 2.32. The Balaban J connectivity index is -0.000000427. The van der Waals surface area contributed by atoms with E-state index < -0.39 is 5.97 Å². The quantitative estimate of drug-likeness (QED) is 0.160. The van der Waals surface area contributed by atoms with E-state index in [-0.39, 0.29) is 161 Å². The molecule has 1 aliphatic carbocycles. The summed E-state index contributed by atoms with van der Waals surface area (Å²) in [4.78, 5) is 24.3. The fourth-order valence-electron chi connectivity index (χ4n) is 3.17. The smallest absolute Gasteiger partial charge is 1.00 e. The fraction of sp³-hybridized carbons (Fsp3) is 0. The van der Waals surface area contributed by atoms with E-state index in [1.165, 1.54) is 6.07 Å². The minimum absolute atomic E-state index is 0. The van der Waals surface area contributed by atoms with Crippen molar-refractivity contribution in [2.75, 3.05) is 0 Å². The molecule has 0 saturated heterocycles. The average Bonchev–Trinajstić information content (AvgIpc) is 2.69. The minimum atomic E-state index is -1.09. The van der Waals surface area contributed by atoms with E-state index in [0.717, 1.165) is 0 Å². The van der Waals surface area contributed by atoms with Crippen LogP contribution in [0.1, 0.15) is 16.1 Å². The summed E-state index contributed by atoms with van der Waals surface area (Å²) >= 11 is 13.2. The number of hydrogen-bond acceptors (Lipinski definition) is 4.